The number of rotatable bonds is 4. The minimum absolute atomic E-state index is 0.0836. The van der Waals surface area contributed by atoms with Crippen molar-refractivity contribution in [1.82, 2.24) is 9.88 Å². The zero-order valence-corrected chi connectivity index (χ0v) is 17.0. The van der Waals surface area contributed by atoms with Crippen molar-refractivity contribution in [2.45, 2.75) is 46.5 Å². The van der Waals surface area contributed by atoms with Gasteiger partial charge in [0.2, 0.25) is 12.7 Å². The van der Waals surface area contributed by atoms with Gasteiger partial charge >= 0.3 is 0 Å². The SMILES string of the molecule is Cc1nc(C)c(CC(=O)N2CCC[C@@](C)(Cc3ccc4c(c3)OCO4)C2)s1. The van der Waals surface area contributed by atoms with Gasteiger partial charge in [-0.15, -0.1) is 11.3 Å². The van der Waals surface area contributed by atoms with Crippen LogP contribution in [0.3, 0.4) is 0 Å². The van der Waals surface area contributed by atoms with E-state index in [1.165, 1.54) is 5.56 Å². The second kappa shape index (κ2) is 7.15. The summed E-state index contributed by atoms with van der Waals surface area (Å²) in [7, 11) is 0. The molecule has 0 radical (unpaired) electrons. The van der Waals surface area contributed by atoms with Crippen molar-refractivity contribution >= 4 is 17.2 Å². The molecule has 2 aliphatic rings. The third kappa shape index (κ3) is 3.95. The van der Waals surface area contributed by atoms with E-state index >= 15 is 0 Å². The van der Waals surface area contributed by atoms with E-state index in [1.54, 1.807) is 11.3 Å². The van der Waals surface area contributed by atoms with Crippen LogP contribution in [0, 0.1) is 19.3 Å². The molecule has 144 valence electrons. The first-order chi connectivity index (χ1) is 12.9. The fourth-order valence-electron chi connectivity index (χ4n) is 4.20. The van der Waals surface area contributed by atoms with Gasteiger partial charge in [0.15, 0.2) is 11.5 Å². The van der Waals surface area contributed by atoms with E-state index in [9.17, 15) is 4.79 Å². The van der Waals surface area contributed by atoms with Crippen molar-refractivity contribution < 1.29 is 14.3 Å². The Morgan fingerprint density at radius 2 is 2.11 bits per heavy atom. The molecule has 0 spiro atoms. The number of aryl methyl sites for hydroxylation is 2. The highest BCUT2D eigenvalue weighted by Crippen LogP contribution is 2.37. The lowest BCUT2D eigenvalue weighted by atomic mass is 9.77. The molecule has 2 aliphatic heterocycles. The number of benzene rings is 1. The van der Waals surface area contributed by atoms with Gasteiger partial charge in [-0.3, -0.25) is 4.79 Å². The van der Waals surface area contributed by atoms with E-state index in [0.717, 1.165) is 59.4 Å². The maximum absolute atomic E-state index is 12.9. The molecule has 5 nitrogen and oxygen atoms in total. The van der Waals surface area contributed by atoms with E-state index in [4.69, 9.17) is 9.47 Å². The number of piperidine rings is 1. The van der Waals surface area contributed by atoms with Crippen molar-refractivity contribution in [2.24, 2.45) is 5.41 Å². The Hall–Kier alpha value is -2.08. The Labute approximate surface area is 164 Å². The Bertz CT molecular complexity index is 863. The molecular formula is C21H26N2O3S. The van der Waals surface area contributed by atoms with Crippen molar-refractivity contribution in [1.29, 1.82) is 0 Å². The van der Waals surface area contributed by atoms with Gasteiger partial charge in [-0.1, -0.05) is 13.0 Å². The van der Waals surface area contributed by atoms with E-state index in [1.807, 2.05) is 24.8 Å². The molecule has 3 heterocycles. The number of nitrogens with zero attached hydrogens (tertiary/aromatic N) is 2. The summed E-state index contributed by atoms with van der Waals surface area (Å²) in [6.45, 7) is 8.23. The standard InChI is InChI=1S/C21H26N2O3S/c1-14-19(27-15(2)22-14)10-20(24)23-8-4-7-21(3,12-23)11-16-5-6-17-18(9-16)26-13-25-17/h5-6,9H,4,7-8,10-13H2,1-3H3/t21-/m0/s1. The molecule has 1 fully saturated rings. The number of carbonyl (C=O) groups is 1. The van der Waals surface area contributed by atoms with Gasteiger partial charge in [0, 0.05) is 18.0 Å². The molecule has 4 rings (SSSR count). The van der Waals surface area contributed by atoms with Gasteiger partial charge in [0.05, 0.1) is 17.1 Å². The van der Waals surface area contributed by atoms with Crippen LogP contribution in [-0.4, -0.2) is 35.7 Å². The van der Waals surface area contributed by atoms with Crippen molar-refractivity contribution in [3.05, 3.63) is 39.3 Å². The van der Waals surface area contributed by atoms with Crippen LogP contribution in [0.2, 0.25) is 0 Å². The summed E-state index contributed by atoms with van der Waals surface area (Å²) in [5.41, 5.74) is 2.32. The summed E-state index contributed by atoms with van der Waals surface area (Å²) >= 11 is 1.64. The second-order valence-electron chi connectivity index (χ2n) is 8.01. The van der Waals surface area contributed by atoms with Crippen LogP contribution in [0.5, 0.6) is 11.5 Å². The highest BCUT2D eigenvalue weighted by Gasteiger charge is 2.34. The average Bonchev–Trinajstić information content (AvgIpc) is 3.20. The fourth-order valence-corrected chi connectivity index (χ4v) is 5.13. The maximum Gasteiger partial charge on any atom is 0.231 e. The third-order valence-corrected chi connectivity index (χ3v) is 6.59. The third-order valence-electron chi connectivity index (χ3n) is 5.51. The minimum atomic E-state index is 0.0836. The largest absolute Gasteiger partial charge is 0.454 e. The molecule has 0 unspecified atom stereocenters. The molecule has 6 heteroatoms. The van der Waals surface area contributed by atoms with E-state index in [-0.39, 0.29) is 11.3 Å². The minimum Gasteiger partial charge on any atom is -0.454 e. The number of fused-ring (bicyclic) bond motifs is 1. The van der Waals surface area contributed by atoms with Crippen molar-refractivity contribution in [2.75, 3.05) is 19.9 Å². The predicted molar refractivity (Wildman–Crippen MR) is 105 cm³/mol. The molecule has 27 heavy (non-hydrogen) atoms. The number of thiazole rings is 1. The number of carbonyl (C=O) groups excluding carboxylic acids is 1. The van der Waals surface area contributed by atoms with Gasteiger partial charge in [0.1, 0.15) is 0 Å². The summed E-state index contributed by atoms with van der Waals surface area (Å²) in [6, 6.07) is 6.18. The summed E-state index contributed by atoms with van der Waals surface area (Å²) < 4.78 is 10.9. The molecule has 1 atom stereocenters. The average molecular weight is 387 g/mol. The lowest BCUT2D eigenvalue weighted by Crippen LogP contribution is -2.46. The van der Waals surface area contributed by atoms with Crippen LogP contribution in [0.15, 0.2) is 18.2 Å². The zero-order chi connectivity index (χ0) is 19.0. The second-order valence-corrected chi connectivity index (χ2v) is 9.30. The van der Waals surface area contributed by atoms with Gasteiger partial charge in [0.25, 0.3) is 0 Å². The highest BCUT2D eigenvalue weighted by atomic mass is 32.1. The number of aromatic nitrogens is 1. The molecular weight excluding hydrogens is 360 g/mol. The molecule has 0 N–H and O–H groups in total. The first kappa shape index (κ1) is 18.3. The van der Waals surface area contributed by atoms with Gasteiger partial charge in [-0.25, -0.2) is 4.98 Å². The van der Waals surface area contributed by atoms with Gasteiger partial charge in [-0.2, -0.15) is 0 Å². The number of ether oxygens (including phenoxy) is 2. The molecule has 1 amide bonds. The van der Waals surface area contributed by atoms with Crippen LogP contribution in [0.4, 0.5) is 0 Å². The van der Waals surface area contributed by atoms with Crippen LogP contribution in [0.25, 0.3) is 0 Å². The Balaban J connectivity index is 1.43. The smallest absolute Gasteiger partial charge is 0.231 e. The lowest BCUT2D eigenvalue weighted by Gasteiger charge is -2.41. The zero-order valence-electron chi connectivity index (χ0n) is 16.2. The van der Waals surface area contributed by atoms with Crippen molar-refractivity contribution in [3.8, 4) is 11.5 Å². The summed E-state index contributed by atoms with van der Waals surface area (Å²) in [5.74, 6) is 1.87. The quantitative estimate of drug-likeness (QED) is 0.800. The topological polar surface area (TPSA) is 51.7 Å². The first-order valence-corrected chi connectivity index (χ1v) is 10.3. The monoisotopic (exact) mass is 386 g/mol. The number of likely N-dealkylation sites (tertiary alicyclic amines) is 1. The first-order valence-electron chi connectivity index (χ1n) is 9.51. The molecule has 0 saturated carbocycles. The number of hydrogen-bond acceptors (Lipinski definition) is 5. The van der Waals surface area contributed by atoms with Crippen LogP contribution < -0.4 is 9.47 Å². The Morgan fingerprint density at radius 1 is 1.30 bits per heavy atom. The van der Waals surface area contributed by atoms with Crippen molar-refractivity contribution in [3.63, 3.8) is 0 Å². The molecule has 1 aromatic carbocycles. The van der Waals surface area contributed by atoms with Gasteiger partial charge in [-0.05, 0) is 56.2 Å². The van der Waals surface area contributed by atoms with Crippen LogP contribution >= 0.6 is 11.3 Å². The van der Waals surface area contributed by atoms with Gasteiger partial charge < -0.3 is 14.4 Å². The number of hydrogen-bond donors (Lipinski definition) is 0. The Morgan fingerprint density at radius 3 is 2.89 bits per heavy atom. The fraction of sp³-hybridized carbons (Fsp3) is 0.524. The molecule has 0 bridgehead atoms. The highest BCUT2D eigenvalue weighted by molar-refractivity contribution is 7.11. The van der Waals surface area contributed by atoms with E-state index in [0.29, 0.717) is 13.2 Å². The summed E-state index contributed by atoms with van der Waals surface area (Å²) in [4.78, 5) is 20.5. The molecule has 1 saturated heterocycles. The van der Waals surface area contributed by atoms with Crippen LogP contribution in [-0.2, 0) is 17.6 Å². The van der Waals surface area contributed by atoms with Crippen LogP contribution in [0.1, 0.15) is 40.9 Å². The molecule has 1 aromatic heterocycles. The summed E-state index contributed by atoms with van der Waals surface area (Å²) in [5, 5.41) is 1.03. The lowest BCUT2D eigenvalue weighted by molar-refractivity contribution is -0.133. The van der Waals surface area contributed by atoms with E-state index in [2.05, 4.69) is 24.0 Å². The van der Waals surface area contributed by atoms with E-state index < -0.39 is 0 Å². The molecule has 2 aromatic rings. The molecule has 0 aliphatic carbocycles. The normalized spacial score (nSPS) is 21.5. The predicted octanol–water partition coefficient (Wildman–Crippen LogP) is 3.90. The Kier molecular flexibility index (Phi) is 4.84. The summed E-state index contributed by atoms with van der Waals surface area (Å²) in [6.07, 6.45) is 3.58. The number of amides is 1. The maximum atomic E-state index is 12.9.